The molecule has 0 saturated carbocycles. The average molecular weight is 534 g/mol. The molecular weight excluding hydrogens is 514 g/mol. The molecule has 37 heavy (non-hydrogen) atoms. The molecule has 1 aromatic carbocycles. The van der Waals surface area contributed by atoms with Crippen LogP contribution in [0, 0.1) is 12.7 Å². The number of anilines is 2. The highest BCUT2D eigenvalue weighted by atomic mass is 32.2. The fourth-order valence-electron chi connectivity index (χ4n) is 3.64. The number of hydrogen-bond donors (Lipinski definition) is 1. The Labute approximate surface area is 208 Å². The van der Waals surface area contributed by atoms with Gasteiger partial charge in [0.2, 0.25) is 0 Å². The number of aromatic nitrogens is 3. The average Bonchev–Trinajstić information content (AvgIpc) is 2.81. The van der Waals surface area contributed by atoms with Crippen LogP contribution in [-0.2, 0) is 22.6 Å². The topological polar surface area (TPSA) is 119 Å². The van der Waals surface area contributed by atoms with Crippen molar-refractivity contribution in [2.75, 3.05) is 16.9 Å². The molecule has 0 radical (unpaired) electrons. The molecule has 0 aliphatic heterocycles. The van der Waals surface area contributed by atoms with Crippen LogP contribution in [0.2, 0.25) is 0 Å². The van der Waals surface area contributed by atoms with E-state index < -0.39 is 43.9 Å². The Balaban J connectivity index is 1.88. The number of nitrogens with zero attached hydrogens (tertiary/aromatic N) is 4. The molecule has 0 aliphatic rings. The number of nitrogen functional groups attached to an aromatic ring is 1. The Hall–Kier alpha value is -4.13. The summed E-state index contributed by atoms with van der Waals surface area (Å²) in [5, 5.41) is -0.0129. The van der Waals surface area contributed by atoms with Crippen LogP contribution in [0.3, 0.4) is 0 Å². The first-order chi connectivity index (χ1) is 17.2. The quantitative estimate of drug-likeness (QED) is 0.380. The molecule has 0 bridgehead atoms. The minimum atomic E-state index is -4.75. The number of halogens is 4. The minimum absolute atomic E-state index is 0.128. The Kier molecular flexibility index (Phi) is 6.59. The molecule has 4 rings (SSSR count). The largest absolute Gasteiger partial charge is 0.417 e. The maximum atomic E-state index is 13.8. The van der Waals surface area contributed by atoms with Gasteiger partial charge in [-0.05, 0) is 42.3 Å². The molecule has 0 fully saturated rings. The van der Waals surface area contributed by atoms with E-state index in [1.807, 2.05) is 0 Å². The van der Waals surface area contributed by atoms with Crippen LogP contribution < -0.4 is 10.6 Å². The number of sulfone groups is 1. The summed E-state index contributed by atoms with van der Waals surface area (Å²) in [5.41, 5.74) is 5.10. The summed E-state index contributed by atoms with van der Waals surface area (Å²) in [5.74, 6) is -1.99. The predicted molar refractivity (Wildman–Crippen MR) is 128 cm³/mol. The van der Waals surface area contributed by atoms with E-state index in [0.717, 1.165) is 17.4 Å². The zero-order valence-corrected chi connectivity index (χ0v) is 20.2. The second-order valence-electron chi connectivity index (χ2n) is 8.34. The number of aryl methyl sites for hydroxylation is 1. The molecule has 0 unspecified atom stereocenters. The summed E-state index contributed by atoms with van der Waals surface area (Å²) in [4.78, 5) is 26.1. The number of carbonyl (C=O) groups is 1. The summed E-state index contributed by atoms with van der Waals surface area (Å²) < 4.78 is 78.6. The highest BCUT2D eigenvalue weighted by molar-refractivity contribution is 7.90. The van der Waals surface area contributed by atoms with E-state index in [2.05, 4.69) is 15.0 Å². The monoisotopic (exact) mass is 533 g/mol. The zero-order valence-electron chi connectivity index (χ0n) is 19.4. The first-order valence-electron chi connectivity index (χ1n) is 10.6. The van der Waals surface area contributed by atoms with E-state index in [0.29, 0.717) is 34.3 Å². The highest BCUT2D eigenvalue weighted by Crippen LogP contribution is 2.32. The van der Waals surface area contributed by atoms with Crippen molar-refractivity contribution in [3.05, 3.63) is 83.1 Å². The van der Waals surface area contributed by atoms with Crippen molar-refractivity contribution in [2.24, 2.45) is 0 Å². The predicted octanol–water partition coefficient (Wildman–Crippen LogP) is 4.32. The van der Waals surface area contributed by atoms with Gasteiger partial charge in [-0.3, -0.25) is 9.78 Å². The van der Waals surface area contributed by atoms with Crippen LogP contribution in [0.25, 0.3) is 10.9 Å². The van der Waals surface area contributed by atoms with Gasteiger partial charge < -0.3 is 10.6 Å². The standard InChI is InChI=1S/C24H19F4N5O3S/c1-13-5-20(22(31-9-13)37(2,35)36)33(23(34)16-7-17(11-30-10-16)24(26,27)28)12-14-3-4-15-8-18(25)21(29)32-19(15)6-14/h3-11H,12H2,1-2H3,(H2,29,32). The zero-order chi connectivity index (χ0) is 27.1. The van der Waals surface area contributed by atoms with Gasteiger partial charge in [-0.2, -0.15) is 13.2 Å². The van der Waals surface area contributed by atoms with Crippen LogP contribution >= 0.6 is 0 Å². The highest BCUT2D eigenvalue weighted by Gasteiger charge is 2.33. The summed E-state index contributed by atoms with van der Waals surface area (Å²) in [6.07, 6.45) is -1.02. The molecule has 3 aromatic heterocycles. The molecule has 0 spiro atoms. The molecule has 13 heteroatoms. The van der Waals surface area contributed by atoms with Gasteiger partial charge in [-0.15, -0.1) is 0 Å². The summed E-state index contributed by atoms with van der Waals surface area (Å²) in [7, 11) is -3.95. The lowest BCUT2D eigenvalue weighted by Crippen LogP contribution is -2.32. The van der Waals surface area contributed by atoms with Gasteiger partial charge in [0.1, 0.15) is 0 Å². The molecule has 4 aromatic rings. The molecule has 1 amide bonds. The van der Waals surface area contributed by atoms with Gasteiger partial charge in [-0.25, -0.2) is 22.8 Å². The van der Waals surface area contributed by atoms with E-state index in [4.69, 9.17) is 5.73 Å². The number of nitrogens with two attached hydrogens (primary N) is 1. The van der Waals surface area contributed by atoms with Gasteiger partial charge in [0.15, 0.2) is 26.5 Å². The molecule has 3 heterocycles. The van der Waals surface area contributed by atoms with Crippen molar-refractivity contribution in [1.29, 1.82) is 0 Å². The maximum Gasteiger partial charge on any atom is 0.417 e. The molecule has 0 aliphatic carbocycles. The van der Waals surface area contributed by atoms with Crippen molar-refractivity contribution in [3.8, 4) is 0 Å². The number of fused-ring (bicyclic) bond motifs is 1. The number of rotatable bonds is 5. The first-order valence-corrected chi connectivity index (χ1v) is 12.5. The SMILES string of the molecule is Cc1cnc(S(C)(=O)=O)c(N(Cc2ccc3cc(F)c(N)nc3c2)C(=O)c2cncc(C(F)(F)F)c2)c1. The van der Waals surface area contributed by atoms with Crippen LogP contribution in [0.15, 0.2) is 60.0 Å². The van der Waals surface area contributed by atoms with Crippen molar-refractivity contribution in [2.45, 2.75) is 24.7 Å². The second kappa shape index (κ2) is 9.39. The Morgan fingerprint density at radius 2 is 1.81 bits per heavy atom. The Morgan fingerprint density at radius 1 is 1.08 bits per heavy atom. The lowest BCUT2D eigenvalue weighted by Gasteiger charge is -2.25. The van der Waals surface area contributed by atoms with Crippen molar-refractivity contribution < 1.29 is 30.8 Å². The van der Waals surface area contributed by atoms with E-state index in [1.54, 1.807) is 13.0 Å². The number of alkyl halides is 3. The molecule has 0 saturated heterocycles. The van der Waals surface area contributed by atoms with Gasteiger partial charge in [0.25, 0.3) is 5.91 Å². The third-order valence-electron chi connectivity index (χ3n) is 5.37. The summed E-state index contributed by atoms with van der Waals surface area (Å²) in [6, 6.07) is 7.81. The number of pyridine rings is 3. The van der Waals surface area contributed by atoms with E-state index >= 15 is 0 Å². The number of hydrogen-bond acceptors (Lipinski definition) is 7. The fraction of sp³-hybridized carbons (Fsp3) is 0.167. The van der Waals surface area contributed by atoms with Gasteiger partial charge in [0.05, 0.1) is 28.9 Å². The van der Waals surface area contributed by atoms with Crippen molar-refractivity contribution >= 4 is 38.2 Å². The summed E-state index contributed by atoms with van der Waals surface area (Å²) in [6.45, 7) is 1.34. The third kappa shape index (κ3) is 5.50. The van der Waals surface area contributed by atoms with Crippen molar-refractivity contribution in [3.63, 3.8) is 0 Å². The second-order valence-corrected chi connectivity index (χ2v) is 10.3. The lowest BCUT2D eigenvalue weighted by molar-refractivity contribution is -0.137. The molecule has 0 atom stereocenters. The van der Waals surface area contributed by atoms with E-state index in [1.165, 1.54) is 30.5 Å². The smallest absolute Gasteiger partial charge is 0.381 e. The van der Waals surface area contributed by atoms with Crippen LogP contribution in [0.4, 0.5) is 29.1 Å². The molecule has 2 N–H and O–H groups in total. The fourth-order valence-corrected chi connectivity index (χ4v) is 4.43. The maximum absolute atomic E-state index is 13.8. The van der Waals surface area contributed by atoms with Crippen LogP contribution in [0.1, 0.15) is 27.0 Å². The van der Waals surface area contributed by atoms with Gasteiger partial charge >= 0.3 is 6.18 Å². The molecular formula is C24H19F4N5O3S. The Bertz CT molecular complexity index is 1640. The van der Waals surface area contributed by atoms with Gasteiger partial charge in [0, 0.05) is 30.2 Å². The number of amides is 1. The minimum Gasteiger partial charge on any atom is -0.381 e. The Morgan fingerprint density at radius 3 is 2.49 bits per heavy atom. The van der Waals surface area contributed by atoms with E-state index in [-0.39, 0.29) is 18.1 Å². The number of benzene rings is 1. The van der Waals surface area contributed by atoms with Gasteiger partial charge in [-0.1, -0.05) is 12.1 Å². The lowest BCUT2D eigenvalue weighted by atomic mass is 10.1. The number of carbonyl (C=O) groups excluding carboxylic acids is 1. The van der Waals surface area contributed by atoms with Crippen molar-refractivity contribution in [1.82, 2.24) is 15.0 Å². The molecule has 8 nitrogen and oxygen atoms in total. The molecule has 192 valence electrons. The van der Waals surface area contributed by atoms with E-state index in [9.17, 15) is 30.8 Å². The third-order valence-corrected chi connectivity index (χ3v) is 6.39. The normalized spacial score (nSPS) is 12.1. The summed E-state index contributed by atoms with van der Waals surface area (Å²) >= 11 is 0. The van der Waals surface area contributed by atoms with Crippen LogP contribution in [0.5, 0.6) is 0 Å². The first kappa shape index (κ1) is 25.9. The van der Waals surface area contributed by atoms with Crippen LogP contribution in [-0.4, -0.2) is 35.5 Å².